The van der Waals surface area contributed by atoms with Gasteiger partial charge in [0.25, 0.3) is 0 Å². The SMILES string of the molecule is CCCCN1C(=O)C2c3cc4c(cc3CC(C)C2C1=O)OCO4. The van der Waals surface area contributed by atoms with E-state index >= 15 is 0 Å². The van der Waals surface area contributed by atoms with Crippen LogP contribution in [0.25, 0.3) is 0 Å². The van der Waals surface area contributed by atoms with E-state index in [2.05, 4.69) is 13.8 Å². The van der Waals surface area contributed by atoms with Crippen LogP contribution in [0.15, 0.2) is 12.1 Å². The van der Waals surface area contributed by atoms with Gasteiger partial charge in [-0.15, -0.1) is 0 Å². The third-order valence-electron chi connectivity index (χ3n) is 5.30. The summed E-state index contributed by atoms with van der Waals surface area (Å²) < 4.78 is 10.9. The number of hydrogen-bond acceptors (Lipinski definition) is 4. The van der Waals surface area contributed by atoms with Gasteiger partial charge in [-0.25, -0.2) is 0 Å². The van der Waals surface area contributed by atoms with Crippen molar-refractivity contribution >= 4 is 11.8 Å². The Hall–Kier alpha value is -2.04. The van der Waals surface area contributed by atoms with E-state index < -0.39 is 0 Å². The van der Waals surface area contributed by atoms with Gasteiger partial charge in [-0.2, -0.15) is 0 Å². The Morgan fingerprint density at radius 2 is 1.91 bits per heavy atom. The van der Waals surface area contributed by atoms with Gasteiger partial charge in [0.05, 0.1) is 11.8 Å². The molecular weight excluding hydrogens is 294 g/mol. The Morgan fingerprint density at radius 3 is 2.65 bits per heavy atom. The van der Waals surface area contributed by atoms with E-state index in [0.717, 1.165) is 36.1 Å². The van der Waals surface area contributed by atoms with E-state index in [-0.39, 0.29) is 36.4 Å². The fourth-order valence-corrected chi connectivity index (χ4v) is 4.13. The van der Waals surface area contributed by atoms with Crippen LogP contribution < -0.4 is 9.47 Å². The first kappa shape index (κ1) is 14.5. The maximum absolute atomic E-state index is 12.9. The van der Waals surface area contributed by atoms with Gasteiger partial charge in [0, 0.05) is 6.54 Å². The molecule has 1 aliphatic carbocycles. The zero-order valence-electron chi connectivity index (χ0n) is 13.5. The van der Waals surface area contributed by atoms with Crippen molar-refractivity contribution in [2.24, 2.45) is 11.8 Å². The van der Waals surface area contributed by atoms with Gasteiger partial charge in [-0.1, -0.05) is 20.3 Å². The molecule has 3 unspecified atom stereocenters. The zero-order chi connectivity index (χ0) is 16.1. The van der Waals surface area contributed by atoms with Crippen LogP contribution in [0.2, 0.25) is 0 Å². The molecule has 1 fully saturated rings. The first-order chi connectivity index (χ1) is 11.1. The van der Waals surface area contributed by atoms with Crippen molar-refractivity contribution in [2.45, 2.75) is 39.0 Å². The van der Waals surface area contributed by atoms with E-state index in [1.807, 2.05) is 12.1 Å². The number of nitrogens with zero attached hydrogens (tertiary/aromatic N) is 1. The predicted octanol–water partition coefficient (Wildman–Crippen LogP) is 2.48. The number of benzene rings is 1. The minimum absolute atomic E-state index is 0.00395. The number of hydrogen-bond donors (Lipinski definition) is 0. The minimum atomic E-state index is -0.354. The fraction of sp³-hybridized carbons (Fsp3) is 0.556. The van der Waals surface area contributed by atoms with Crippen LogP contribution in [0.3, 0.4) is 0 Å². The van der Waals surface area contributed by atoms with Gasteiger partial charge in [0.1, 0.15) is 0 Å². The maximum Gasteiger partial charge on any atom is 0.237 e. The van der Waals surface area contributed by atoms with Gasteiger partial charge in [-0.3, -0.25) is 14.5 Å². The number of likely N-dealkylation sites (tertiary alicyclic amines) is 1. The number of amides is 2. The van der Waals surface area contributed by atoms with Crippen LogP contribution in [0.1, 0.15) is 43.7 Å². The summed E-state index contributed by atoms with van der Waals surface area (Å²) in [6.45, 7) is 4.89. The molecule has 2 heterocycles. The van der Waals surface area contributed by atoms with Gasteiger partial charge >= 0.3 is 0 Å². The lowest BCUT2D eigenvalue weighted by molar-refractivity contribution is -0.139. The third kappa shape index (κ3) is 2.06. The summed E-state index contributed by atoms with van der Waals surface area (Å²) in [7, 11) is 0. The molecule has 0 bridgehead atoms. The molecule has 122 valence electrons. The van der Waals surface area contributed by atoms with Crippen LogP contribution in [0.4, 0.5) is 0 Å². The first-order valence-electron chi connectivity index (χ1n) is 8.39. The minimum Gasteiger partial charge on any atom is -0.454 e. The highest BCUT2D eigenvalue weighted by atomic mass is 16.7. The second-order valence-corrected chi connectivity index (χ2v) is 6.77. The molecule has 0 radical (unpaired) electrons. The summed E-state index contributed by atoms with van der Waals surface area (Å²) in [6, 6.07) is 3.90. The molecular formula is C18H21NO4. The number of rotatable bonds is 3. The molecule has 2 amide bonds. The van der Waals surface area contributed by atoms with Crippen molar-refractivity contribution < 1.29 is 19.1 Å². The Labute approximate surface area is 135 Å². The molecule has 2 aliphatic heterocycles. The van der Waals surface area contributed by atoms with Crippen molar-refractivity contribution in [2.75, 3.05) is 13.3 Å². The maximum atomic E-state index is 12.9. The Kier molecular flexibility index (Phi) is 3.32. The number of carbonyl (C=O) groups is 2. The normalized spacial score (nSPS) is 28.1. The number of ether oxygens (including phenoxy) is 2. The lowest BCUT2D eigenvalue weighted by Crippen LogP contribution is -2.33. The summed E-state index contributed by atoms with van der Waals surface area (Å²) in [6.07, 6.45) is 2.63. The molecule has 1 saturated heterocycles. The topological polar surface area (TPSA) is 55.8 Å². The fourth-order valence-electron chi connectivity index (χ4n) is 4.13. The van der Waals surface area contributed by atoms with Crippen molar-refractivity contribution in [3.8, 4) is 11.5 Å². The van der Waals surface area contributed by atoms with Crippen LogP contribution in [-0.2, 0) is 16.0 Å². The zero-order valence-corrected chi connectivity index (χ0v) is 13.5. The van der Waals surface area contributed by atoms with E-state index in [4.69, 9.17) is 9.47 Å². The number of unbranched alkanes of at least 4 members (excludes halogenated alkanes) is 1. The van der Waals surface area contributed by atoms with Crippen molar-refractivity contribution in [3.05, 3.63) is 23.3 Å². The molecule has 0 aromatic heterocycles. The van der Waals surface area contributed by atoms with E-state index in [0.29, 0.717) is 12.3 Å². The average Bonchev–Trinajstić information content (AvgIpc) is 3.07. The second kappa shape index (κ2) is 5.25. The van der Waals surface area contributed by atoms with Crippen molar-refractivity contribution in [1.29, 1.82) is 0 Å². The highest BCUT2D eigenvalue weighted by molar-refractivity contribution is 6.08. The monoisotopic (exact) mass is 315 g/mol. The molecule has 3 atom stereocenters. The third-order valence-corrected chi connectivity index (χ3v) is 5.30. The van der Waals surface area contributed by atoms with Crippen molar-refractivity contribution in [1.82, 2.24) is 4.90 Å². The lowest BCUT2D eigenvalue weighted by atomic mass is 9.70. The first-order valence-corrected chi connectivity index (χ1v) is 8.39. The highest BCUT2D eigenvalue weighted by Gasteiger charge is 2.53. The predicted molar refractivity (Wildman–Crippen MR) is 83.3 cm³/mol. The molecule has 0 spiro atoms. The van der Waals surface area contributed by atoms with Crippen LogP contribution in [0, 0.1) is 11.8 Å². The van der Waals surface area contributed by atoms with Gasteiger partial charge in [0.15, 0.2) is 11.5 Å². The molecule has 5 nitrogen and oxygen atoms in total. The highest BCUT2D eigenvalue weighted by Crippen LogP contribution is 2.49. The summed E-state index contributed by atoms with van der Waals surface area (Å²) in [4.78, 5) is 27.1. The number of imide groups is 1. The molecule has 3 aliphatic rings. The quantitative estimate of drug-likeness (QED) is 0.804. The van der Waals surface area contributed by atoms with Crippen molar-refractivity contribution in [3.63, 3.8) is 0 Å². The Bertz CT molecular complexity index is 684. The smallest absolute Gasteiger partial charge is 0.237 e. The summed E-state index contributed by atoms with van der Waals surface area (Å²) in [5.74, 6) is 0.971. The molecule has 0 N–H and O–H groups in total. The molecule has 23 heavy (non-hydrogen) atoms. The molecule has 0 saturated carbocycles. The molecule has 5 heteroatoms. The summed E-state index contributed by atoms with van der Waals surface area (Å²) in [5, 5.41) is 0. The van der Waals surface area contributed by atoms with Gasteiger partial charge in [0.2, 0.25) is 18.6 Å². The summed E-state index contributed by atoms with van der Waals surface area (Å²) >= 11 is 0. The number of fused-ring (bicyclic) bond motifs is 4. The lowest BCUT2D eigenvalue weighted by Gasteiger charge is -2.30. The van der Waals surface area contributed by atoms with Crippen LogP contribution in [0.5, 0.6) is 11.5 Å². The van der Waals surface area contributed by atoms with E-state index in [1.165, 1.54) is 4.90 Å². The van der Waals surface area contributed by atoms with E-state index in [9.17, 15) is 9.59 Å². The summed E-state index contributed by atoms with van der Waals surface area (Å²) in [5.41, 5.74) is 2.07. The Balaban J connectivity index is 1.76. The largest absolute Gasteiger partial charge is 0.454 e. The van der Waals surface area contributed by atoms with Gasteiger partial charge in [-0.05, 0) is 42.0 Å². The Morgan fingerprint density at radius 1 is 1.17 bits per heavy atom. The number of carbonyl (C=O) groups excluding carboxylic acids is 2. The van der Waals surface area contributed by atoms with Crippen LogP contribution >= 0.6 is 0 Å². The van der Waals surface area contributed by atoms with Crippen LogP contribution in [-0.4, -0.2) is 30.1 Å². The van der Waals surface area contributed by atoms with E-state index in [1.54, 1.807) is 0 Å². The molecule has 1 aromatic rings. The molecule has 4 rings (SSSR count). The second-order valence-electron chi connectivity index (χ2n) is 6.77. The van der Waals surface area contributed by atoms with Gasteiger partial charge < -0.3 is 9.47 Å². The standard InChI is InChI=1S/C18H21NO4/c1-3-4-5-19-17(20)15-10(2)6-11-7-13-14(23-9-22-13)8-12(11)16(15)18(19)21/h7-8,10,15-16H,3-6,9H2,1-2H3. The average molecular weight is 315 g/mol. The molecule has 1 aromatic carbocycles.